The van der Waals surface area contributed by atoms with Gasteiger partial charge in [-0.1, -0.05) is 30.3 Å². The zero-order valence-corrected chi connectivity index (χ0v) is 14.7. The Balaban J connectivity index is 1.57. The predicted octanol–water partition coefficient (Wildman–Crippen LogP) is 4.62. The van der Waals surface area contributed by atoms with Gasteiger partial charge in [0.2, 0.25) is 0 Å². The number of aromatic nitrogens is 2. The molecular formula is C20H15N3O2S. The number of anilines is 1. The topological polar surface area (TPSA) is 75.1 Å². The van der Waals surface area contributed by atoms with Crippen LogP contribution in [0.25, 0.3) is 21.5 Å². The minimum atomic E-state index is -0.169. The molecule has 0 atom stereocenters. The summed E-state index contributed by atoms with van der Waals surface area (Å²) in [6, 6.07) is 14.7. The lowest BCUT2D eigenvalue weighted by Gasteiger charge is -2.05. The highest BCUT2D eigenvalue weighted by Gasteiger charge is 2.15. The van der Waals surface area contributed by atoms with E-state index in [4.69, 9.17) is 0 Å². The van der Waals surface area contributed by atoms with Gasteiger partial charge >= 0.3 is 0 Å². The van der Waals surface area contributed by atoms with Crippen molar-refractivity contribution in [2.75, 3.05) is 5.32 Å². The van der Waals surface area contributed by atoms with Gasteiger partial charge in [-0.15, -0.1) is 11.3 Å². The lowest BCUT2D eigenvalue weighted by atomic mass is 10.1. The number of phenolic OH excluding ortho intramolecular Hbond substituents is 1. The standard InChI is InChI=1S/C20H15N3O2S/c1-12-16-7-2-3-8-17(16)26-18(12)20(25)23-14-10-21-19(22-11-14)13-5-4-6-15(24)9-13/h2-11,24H,1H3,(H,23,25). The first-order chi connectivity index (χ1) is 12.6. The number of benzene rings is 2. The van der Waals surface area contributed by atoms with Gasteiger partial charge in [0.15, 0.2) is 5.82 Å². The maximum absolute atomic E-state index is 12.6. The summed E-state index contributed by atoms with van der Waals surface area (Å²) < 4.78 is 1.09. The van der Waals surface area contributed by atoms with E-state index in [0.717, 1.165) is 15.6 Å². The van der Waals surface area contributed by atoms with Crippen molar-refractivity contribution < 1.29 is 9.90 Å². The second-order valence-corrected chi connectivity index (χ2v) is 6.90. The summed E-state index contributed by atoms with van der Waals surface area (Å²) in [6.07, 6.45) is 3.12. The van der Waals surface area contributed by atoms with Crippen LogP contribution in [0.5, 0.6) is 5.75 Å². The average Bonchev–Trinajstić information content (AvgIpc) is 3.00. The Morgan fingerprint density at radius 3 is 2.58 bits per heavy atom. The third-order valence-corrected chi connectivity index (χ3v) is 5.34. The number of hydrogen-bond acceptors (Lipinski definition) is 5. The van der Waals surface area contributed by atoms with Crippen LogP contribution in [0.15, 0.2) is 60.9 Å². The normalized spacial score (nSPS) is 10.8. The molecule has 2 heterocycles. The molecule has 5 nitrogen and oxygen atoms in total. The van der Waals surface area contributed by atoms with Gasteiger partial charge in [-0.05, 0) is 36.1 Å². The Hall–Kier alpha value is -3.25. The fourth-order valence-corrected chi connectivity index (χ4v) is 3.87. The first kappa shape index (κ1) is 16.2. The van der Waals surface area contributed by atoms with Crippen molar-refractivity contribution in [1.29, 1.82) is 0 Å². The number of phenols is 1. The largest absolute Gasteiger partial charge is 0.508 e. The van der Waals surface area contributed by atoms with E-state index in [1.54, 1.807) is 30.6 Å². The molecule has 2 N–H and O–H groups in total. The van der Waals surface area contributed by atoms with E-state index in [-0.39, 0.29) is 11.7 Å². The molecule has 0 spiro atoms. The molecule has 6 heteroatoms. The molecule has 0 aliphatic carbocycles. The molecule has 4 rings (SSSR count). The van der Waals surface area contributed by atoms with Crippen molar-refractivity contribution in [3.63, 3.8) is 0 Å². The van der Waals surface area contributed by atoms with Gasteiger partial charge in [-0.25, -0.2) is 9.97 Å². The van der Waals surface area contributed by atoms with Crippen molar-refractivity contribution in [2.45, 2.75) is 6.92 Å². The van der Waals surface area contributed by atoms with Gasteiger partial charge in [0.25, 0.3) is 5.91 Å². The number of carbonyl (C=O) groups excluding carboxylic acids is 1. The second kappa shape index (κ2) is 6.57. The Morgan fingerprint density at radius 2 is 1.85 bits per heavy atom. The van der Waals surface area contributed by atoms with Crippen LogP contribution < -0.4 is 5.32 Å². The fraction of sp³-hybridized carbons (Fsp3) is 0.0500. The number of aromatic hydroxyl groups is 1. The van der Waals surface area contributed by atoms with E-state index >= 15 is 0 Å². The number of amides is 1. The van der Waals surface area contributed by atoms with E-state index in [1.807, 2.05) is 37.3 Å². The van der Waals surface area contributed by atoms with E-state index in [0.29, 0.717) is 22.0 Å². The maximum atomic E-state index is 12.6. The minimum absolute atomic E-state index is 0.156. The molecule has 0 saturated carbocycles. The van der Waals surface area contributed by atoms with Crippen LogP contribution in [-0.2, 0) is 0 Å². The summed E-state index contributed by atoms with van der Waals surface area (Å²) in [5.74, 6) is 0.470. The number of nitrogens with one attached hydrogen (secondary N) is 1. The average molecular weight is 361 g/mol. The Morgan fingerprint density at radius 1 is 1.08 bits per heavy atom. The van der Waals surface area contributed by atoms with Crippen LogP contribution in [0.2, 0.25) is 0 Å². The molecule has 0 aliphatic rings. The highest BCUT2D eigenvalue weighted by atomic mass is 32.1. The van der Waals surface area contributed by atoms with Gasteiger partial charge in [0.1, 0.15) is 5.75 Å². The fourth-order valence-electron chi connectivity index (χ4n) is 2.77. The summed E-state index contributed by atoms with van der Waals surface area (Å²) in [4.78, 5) is 21.8. The number of thiophene rings is 1. The summed E-state index contributed by atoms with van der Waals surface area (Å²) >= 11 is 1.47. The Bertz CT molecular complexity index is 1100. The smallest absolute Gasteiger partial charge is 0.266 e. The Labute approximate surface area is 154 Å². The van der Waals surface area contributed by atoms with Gasteiger partial charge < -0.3 is 10.4 Å². The van der Waals surface area contributed by atoms with E-state index in [9.17, 15) is 9.90 Å². The molecule has 0 fully saturated rings. The van der Waals surface area contributed by atoms with Crippen LogP contribution in [0.1, 0.15) is 15.2 Å². The molecule has 2 aromatic carbocycles. The third kappa shape index (κ3) is 3.02. The molecule has 0 aliphatic heterocycles. The molecule has 4 aromatic rings. The molecule has 128 valence electrons. The van der Waals surface area contributed by atoms with Crippen molar-refractivity contribution >= 4 is 33.0 Å². The van der Waals surface area contributed by atoms with Crippen LogP contribution in [0, 0.1) is 6.92 Å². The quantitative estimate of drug-likeness (QED) is 0.558. The van der Waals surface area contributed by atoms with E-state index < -0.39 is 0 Å². The van der Waals surface area contributed by atoms with Crippen molar-refractivity contribution in [2.24, 2.45) is 0 Å². The van der Waals surface area contributed by atoms with Gasteiger partial charge in [0.05, 0.1) is 23.0 Å². The summed E-state index contributed by atoms with van der Waals surface area (Å²) in [5.41, 5.74) is 2.21. The summed E-state index contributed by atoms with van der Waals surface area (Å²) in [6.45, 7) is 1.95. The zero-order chi connectivity index (χ0) is 18.1. The molecular weight excluding hydrogens is 346 g/mol. The van der Waals surface area contributed by atoms with E-state index in [1.165, 1.54) is 11.3 Å². The van der Waals surface area contributed by atoms with Crippen LogP contribution in [0.4, 0.5) is 5.69 Å². The number of fused-ring (bicyclic) bond motifs is 1. The van der Waals surface area contributed by atoms with E-state index in [2.05, 4.69) is 15.3 Å². The SMILES string of the molecule is Cc1c(C(=O)Nc2cnc(-c3cccc(O)c3)nc2)sc2ccccc12. The van der Waals surface area contributed by atoms with Crippen LogP contribution in [0.3, 0.4) is 0 Å². The van der Waals surface area contributed by atoms with Gasteiger partial charge in [-0.3, -0.25) is 4.79 Å². The molecule has 0 saturated heterocycles. The van der Waals surface area contributed by atoms with Crippen molar-refractivity contribution in [3.05, 3.63) is 71.4 Å². The number of aryl methyl sites for hydroxylation is 1. The monoisotopic (exact) mass is 361 g/mol. The van der Waals surface area contributed by atoms with Crippen molar-refractivity contribution in [3.8, 4) is 17.1 Å². The summed E-state index contributed by atoms with van der Waals surface area (Å²) in [7, 11) is 0. The highest BCUT2D eigenvalue weighted by molar-refractivity contribution is 7.21. The molecule has 26 heavy (non-hydrogen) atoms. The predicted molar refractivity (Wildman–Crippen MR) is 104 cm³/mol. The number of carbonyl (C=O) groups is 1. The number of nitrogens with zero attached hydrogens (tertiary/aromatic N) is 2. The highest BCUT2D eigenvalue weighted by Crippen LogP contribution is 2.31. The minimum Gasteiger partial charge on any atom is -0.508 e. The van der Waals surface area contributed by atoms with Gasteiger partial charge in [-0.2, -0.15) is 0 Å². The van der Waals surface area contributed by atoms with Crippen LogP contribution >= 0.6 is 11.3 Å². The third-order valence-electron chi connectivity index (χ3n) is 4.06. The molecule has 0 bridgehead atoms. The maximum Gasteiger partial charge on any atom is 0.266 e. The zero-order valence-electron chi connectivity index (χ0n) is 13.9. The molecule has 0 radical (unpaired) electrons. The first-order valence-corrected chi connectivity index (χ1v) is 8.84. The van der Waals surface area contributed by atoms with Gasteiger partial charge in [0, 0.05) is 10.3 Å². The Kier molecular flexibility index (Phi) is 4.10. The molecule has 2 aromatic heterocycles. The van der Waals surface area contributed by atoms with Crippen LogP contribution in [-0.4, -0.2) is 21.0 Å². The summed E-state index contributed by atoms with van der Waals surface area (Å²) in [5, 5.41) is 13.5. The lowest BCUT2D eigenvalue weighted by Crippen LogP contribution is -2.12. The number of rotatable bonds is 3. The first-order valence-electron chi connectivity index (χ1n) is 8.03. The lowest BCUT2D eigenvalue weighted by molar-refractivity contribution is 0.103. The second-order valence-electron chi connectivity index (χ2n) is 5.85. The van der Waals surface area contributed by atoms with Crippen molar-refractivity contribution in [1.82, 2.24) is 9.97 Å². The molecule has 1 amide bonds. The molecule has 0 unspecified atom stereocenters. The number of hydrogen-bond donors (Lipinski definition) is 2.